The van der Waals surface area contributed by atoms with Crippen LogP contribution in [0.3, 0.4) is 0 Å². The summed E-state index contributed by atoms with van der Waals surface area (Å²) in [7, 11) is 0. The summed E-state index contributed by atoms with van der Waals surface area (Å²) in [6, 6.07) is 13.2. The van der Waals surface area contributed by atoms with E-state index in [2.05, 4.69) is 10.9 Å². The Hall–Kier alpha value is -3.02. The van der Waals surface area contributed by atoms with Crippen LogP contribution in [-0.2, 0) is 9.59 Å². The van der Waals surface area contributed by atoms with Gasteiger partial charge in [-0.05, 0) is 55.7 Å². The lowest BCUT2D eigenvalue weighted by Gasteiger charge is -2.11. The average Bonchev–Trinajstić information content (AvgIpc) is 2.62. The summed E-state index contributed by atoms with van der Waals surface area (Å²) in [6.07, 6.45) is 0.132. The Labute approximate surface area is 153 Å². The second-order valence-corrected chi connectivity index (χ2v) is 6.00. The lowest BCUT2D eigenvalue weighted by atomic mass is 10.1. The monoisotopic (exact) mass is 356 g/mol. The number of hydrogen-bond acceptors (Lipinski definition) is 4. The fourth-order valence-electron chi connectivity index (χ4n) is 2.16. The molecule has 2 amide bonds. The topological polar surface area (TPSA) is 76.7 Å². The molecule has 0 radical (unpaired) electrons. The number of amides is 2. The quantitative estimate of drug-likeness (QED) is 0.748. The van der Waals surface area contributed by atoms with Gasteiger partial charge in [-0.15, -0.1) is 0 Å². The molecule has 0 fully saturated rings. The molecule has 0 aliphatic carbocycles. The van der Waals surface area contributed by atoms with Crippen LogP contribution in [0.5, 0.6) is 11.5 Å². The first-order valence-corrected chi connectivity index (χ1v) is 8.42. The summed E-state index contributed by atoms with van der Waals surface area (Å²) in [5, 5.41) is 0. The van der Waals surface area contributed by atoms with Gasteiger partial charge < -0.3 is 9.47 Å². The van der Waals surface area contributed by atoms with Crippen molar-refractivity contribution < 1.29 is 19.1 Å². The van der Waals surface area contributed by atoms with E-state index in [9.17, 15) is 9.59 Å². The van der Waals surface area contributed by atoms with E-state index in [4.69, 9.17) is 9.47 Å². The van der Waals surface area contributed by atoms with Gasteiger partial charge >= 0.3 is 0 Å². The van der Waals surface area contributed by atoms with Crippen LogP contribution in [0.4, 0.5) is 0 Å². The Kier molecular flexibility index (Phi) is 7.02. The Morgan fingerprint density at radius 3 is 2.31 bits per heavy atom. The lowest BCUT2D eigenvalue weighted by molar-refractivity contribution is -0.130. The van der Waals surface area contributed by atoms with Crippen LogP contribution in [0.25, 0.3) is 0 Å². The molecular formula is C20H24N2O4. The molecule has 2 aromatic carbocycles. The van der Waals surface area contributed by atoms with Gasteiger partial charge in [0.1, 0.15) is 11.5 Å². The Morgan fingerprint density at radius 2 is 1.58 bits per heavy atom. The van der Waals surface area contributed by atoms with Crippen molar-refractivity contribution in [1.29, 1.82) is 0 Å². The maximum atomic E-state index is 11.7. The molecule has 2 N–H and O–H groups in total. The van der Waals surface area contributed by atoms with Gasteiger partial charge in [0.2, 0.25) is 5.91 Å². The molecule has 0 aliphatic heterocycles. The predicted molar refractivity (Wildman–Crippen MR) is 99.0 cm³/mol. The van der Waals surface area contributed by atoms with Crippen LogP contribution in [0.2, 0.25) is 0 Å². The zero-order valence-corrected chi connectivity index (χ0v) is 15.3. The highest BCUT2D eigenvalue weighted by Gasteiger charge is 2.07. The smallest absolute Gasteiger partial charge is 0.276 e. The molecule has 0 aliphatic rings. The first kappa shape index (κ1) is 19.3. The van der Waals surface area contributed by atoms with Crippen LogP contribution in [0.15, 0.2) is 42.5 Å². The van der Waals surface area contributed by atoms with E-state index in [-0.39, 0.29) is 25.5 Å². The van der Waals surface area contributed by atoms with Gasteiger partial charge in [0.15, 0.2) is 6.61 Å². The minimum Gasteiger partial charge on any atom is -0.493 e. The maximum absolute atomic E-state index is 11.7. The average molecular weight is 356 g/mol. The maximum Gasteiger partial charge on any atom is 0.276 e. The van der Waals surface area contributed by atoms with Crippen LogP contribution < -0.4 is 20.3 Å². The van der Waals surface area contributed by atoms with Crippen molar-refractivity contribution in [3.05, 3.63) is 59.2 Å². The van der Waals surface area contributed by atoms with E-state index in [1.807, 2.05) is 57.2 Å². The number of hydrogen-bond donors (Lipinski definition) is 2. The largest absolute Gasteiger partial charge is 0.493 e. The fourth-order valence-corrected chi connectivity index (χ4v) is 2.16. The number of carbonyl (C=O) groups excluding carboxylic acids is 2. The highest BCUT2D eigenvalue weighted by Crippen LogP contribution is 2.16. The first-order chi connectivity index (χ1) is 12.5. The molecule has 0 unspecified atom stereocenters. The Morgan fingerprint density at radius 1 is 0.846 bits per heavy atom. The first-order valence-electron chi connectivity index (χ1n) is 8.42. The second-order valence-electron chi connectivity index (χ2n) is 6.00. The number of aryl methyl sites for hydroxylation is 3. The summed E-state index contributed by atoms with van der Waals surface area (Å²) in [5.41, 5.74) is 7.91. The molecule has 138 valence electrons. The van der Waals surface area contributed by atoms with Gasteiger partial charge in [-0.1, -0.05) is 24.3 Å². The number of hydrazine groups is 1. The highest BCUT2D eigenvalue weighted by molar-refractivity contribution is 5.82. The number of ether oxygens (including phenoxy) is 2. The Balaban J connectivity index is 1.64. The zero-order chi connectivity index (χ0) is 18.9. The number of para-hydroxylation sites is 1. The van der Waals surface area contributed by atoms with Gasteiger partial charge in [0.05, 0.1) is 13.0 Å². The van der Waals surface area contributed by atoms with E-state index in [1.165, 1.54) is 0 Å². The molecule has 0 saturated carbocycles. The molecule has 0 bridgehead atoms. The molecule has 2 rings (SSSR count). The fraction of sp³-hybridized carbons (Fsp3) is 0.300. The summed E-state index contributed by atoms with van der Waals surface area (Å²) < 4.78 is 10.9. The standard InChI is InChI=1S/C20H24N2O4/c1-14-8-9-17(12-16(14)3)26-13-20(24)22-21-19(23)10-11-25-18-7-5-4-6-15(18)2/h4-9,12H,10-11,13H2,1-3H3,(H,21,23)(H,22,24). The molecule has 6 nitrogen and oxygen atoms in total. The van der Waals surface area contributed by atoms with Crippen LogP contribution in [0.1, 0.15) is 23.1 Å². The van der Waals surface area contributed by atoms with Crippen molar-refractivity contribution in [2.45, 2.75) is 27.2 Å². The second kappa shape index (κ2) is 9.46. The molecule has 2 aromatic rings. The molecule has 6 heteroatoms. The molecular weight excluding hydrogens is 332 g/mol. The molecule has 0 saturated heterocycles. The number of benzene rings is 2. The van der Waals surface area contributed by atoms with Crippen molar-refractivity contribution in [3.8, 4) is 11.5 Å². The van der Waals surface area contributed by atoms with E-state index >= 15 is 0 Å². The van der Waals surface area contributed by atoms with Gasteiger partial charge in [0.25, 0.3) is 5.91 Å². The van der Waals surface area contributed by atoms with Crippen molar-refractivity contribution in [2.75, 3.05) is 13.2 Å². The van der Waals surface area contributed by atoms with Gasteiger partial charge in [0, 0.05) is 0 Å². The van der Waals surface area contributed by atoms with Gasteiger partial charge in [-0.3, -0.25) is 20.4 Å². The third-order valence-electron chi connectivity index (χ3n) is 3.87. The zero-order valence-electron chi connectivity index (χ0n) is 15.3. The predicted octanol–water partition coefficient (Wildman–Crippen LogP) is 2.61. The summed E-state index contributed by atoms with van der Waals surface area (Å²) in [6.45, 7) is 5.96. The minimum atomic E-state index is -0.434. The summed E-state index contributed by atoms with van der Waals surface area (Å²) >= 11 is 0. The SMILES string of the molecule is Cc1ccc(OCC(=O)NNC(=O)CCOc2ccccc2C)cc1C. The van der Waals surface area contributed by atoms with Crippen LogP contribution in [0, 0.1) is 20.8 Å². The van der Waals surface area contributed by atoms with Crippen LogP contribution in [-0.4, -0.2) is 25.0 Å². The van der Waals surface area contributed by atoms with Crippen molar-refractivity contribution >= 4 is 11.8 Å². The number of nitrogens with one attached hydrogen (secondary N) is 2. The molecule has 0 heterocycles. The van der Waals surface area contributed by atoms with Crippen LogP contribution >= 0.6 is 0 Å². The van der Waals surface area contributed by atoms with E-state index in [0.717, 1.165) is 22.4 Å². The highest BCUT2D eigenvalue weighted by atomic mass is 16.5. The van der Waals surface area contributed by atoms with E-state index < -0.39 is 5.91 Å². The number of rotatable bonds is 7. The van der Waals surface area contributed by atoms with Gasteiger partial charge in [-0.2, -0.15) is 0 Å². The van der Waals surface area contributed by atoms with E-state index in [0.29, 0.717) is 5.75 Å². The number of carbonyl (C=O) groups is 2. The summed E-state index contributed by atoms with van der Waals surface area (Å²) in [5.74, 6) is 0.585. The molecule has 0 aromatic heterocycles. The van der Waals surface area contributed by atoms with E-state index in [1.54, 1.807) is 6.07 Å². The van der Waals surface area contributed by atoms with Crippen molar-refractivity contribution in [3.63, 3.8) is 0 Å². The third kappa shape index (κ3) is 6.12. The normalized spacial score (nSPS) is 10.1. The molecule has 0 spiro atoms. The molecule has 26 heavy (non-hydrogen) atoms. The molecule has 0 atom stereocenters. The Bertz CT molecular complexity index is 774. The van der Waals surface area contributed by atoms with Crippen molar-refractivity contribution in [2.24, 2.45) is 0 Å². The lowest BCUT2D eigenvalue weighted by Crippen LogP contribution is -2.44. The third-order valence-corrected chi connectivity index (χ3v) is 3.87. The summed E-state index contributed by atoms with van der Waals surface area (Å²) in [4.78, 5) is 23.5. The van der Waals surface area contributed by atoms with Gasteiger partial charge in [-0.25, -0.2) is 0 Å². The minimum absolute atomic E-state index is 0.132. The van der Waals surface area contributed by atoms with Crippen molar-refractivity contribution in [1.82, 2.24) is 10.9 Å².